The van der Waals surface area contributed by atoms with E-state index in [4.69, 9.17) is 81.5 Å². The Balaban J connectivity index is 1.24. The third kappa shape index (κ3) is 42.1. The van der Waals surface area contributed by atoms with Crippen molar-refractivity contribution >= 4 is 47.1 Å². The molecule has 6 N–H and O–H groups in total. The van der Waals surface area contributed by atoms with E-state index in [1.54, 1.807) is 74.2 Å². The molecule has 31 heteroatoms. The van der Waals surface area contributed by atoms with Gasteiger partial charge < -0.3 is 117 Å². The van der Waals surface area contributed by atoms with Crippen LogP contribution in [0.2, 0.25) is 0 Å². The molecule has 1 fully saturated rings. The van der Waals surface area contributed by atoms with Crippen LogP contribution in [0.4, 0.5) is 10.5 Å². The van der Waals surface area contributed by atoms with Gasteiger partial charge in [0.2, 0.25) is 29.5 Å². The van der Waals surface area contributed by atoms with Crippen LogP contribution in [-0.2, 0) is 111 Å². The maximum atomic E-state index is 14.8. The van der Waals surface area contributed by atoms with Crippen LogP contribution < -0.4 is 21.7 Å². The van der Waals surface area contributed by atoms with Crippen molar-refractivity contribution in [2.75, 3.05) is 219 Å². The third-order valence-corrected chi connectivity index (χ3v) is 19.6. The van der Waals surface area contributed by atoms with Crippen LogP contribution in [0.25, 0.3) is 0 Å². The monoisotopic (exact) mass is 1610 g/mol. The summed E-state index contributed by atoms with van der Waals surface area (Å²) in [6, 6.07) is 12.6. The zero-order chi connectivity index (χ0) is 83.0. The van der Waals surface area contributed by atoms with Gasteiger partial charge in [-0.2, -0.15) is 0 Å². The number of likely N-dealkylation sites (tertiary alicyclic amines) is 1. The molecule has 1 saturated heterocycles. The van der Waals surface area contributed by atoms with Crippen LogP contribution >= 0.6 is 0 Å². The van der Waals surface area contributed by atoms with E-state index in [1.807, 2.05) is 59.7 Å². The largest absolute Gasteiger partial charge is 0.445 e. The lowest BCUT2D eigenvalue weighted by molar-refractivity contribution is -0.149. The van der Waals surface area contributed by atoms with Gasteiger partial charge >= 0.3 is 6.09 Å². The van der Waals surface area contributed by atoms with Gasteiger partial charge in [0.25, 0.3) is 0 Å². The van der Waals surface area contributed by atoms with Crippen LogP contribution in [0.3, 0.4) is 0 Å². The minimum atomic E-state index is -0.925. The molecule has 3 rings (SSSR count). The highest BCUT2D eigenvalue weighted by molar-refractivity contribution is 5.95. The molecule has 1 heterocycles. The number of ether oxygens (including phenoxy) is 16. The van der Waals surface area contributed by atoms with Gasteiger partial charge in [0.15, 0.2) is 5.78 Å². The van der Waals surface area contributed by atoms with Crippen molar-refractivity contribution in [3.05, 3.63) is 65.7 Å². The van der Waals surface area contributed by atoms with Crippen molar-refractivity contribution in [3.63, 3.8) is 0 Å². The molecule has 0 radical (unpaired) electrons. The van der Waals surface area contributed by atoms with E-state index in [1.165, 1.54) is 26.2 Å². The molecule has 6 amide bonds. The second kappa shape index (κ2) is 62.3. The summed E-state index contributed by atoms with van der Waals surface area (Å²) in [5.74, 6) is -3.81. The number of carbonyl (C=O) groups is 7. The van der Waals surface area contributed by atoms with Crippen molar-refractivity contribution in [2.45, 2.75) is 168 Å². The molecule has 0 aliphatic carbocycles. The van der Waals surface area contributed by atoms with Crippen molar-refractivity contribution in [1.29, 1.82) is 0 Å². The molecule has 0 aromatic heterocycles. The smallest absolute Gasteiger partial charge is 0.410 e. The zero-order valence-corrected chi connectivity index (χ0v) is 70.1. The van der Waals surface area contributed by atoms with Gasteiger partial charge in [-0.05, 0) is 80.0 Å². The van der Waals surface area contributed by atoms with Crippen molar-refractivity contribution < 1.29 is 114 Å². The van der Waals surface area contributed by atoms with E-state index in [0.29, 0.717) is 227 Å². The van der Waals surface area contributed by atoms with Crippen LogP contribution in [0.15, 0.2) is 54.6 Å². The molecule has 2 aromatic carbocycles. The number of Topliss-reactive ketones (excluding diaryl/α,β-unsaturated/α-hetero) is 1. The quantitative estimate of drug-likeness (QED) is 0.0444. The number of hydrogen-bond donors (Lipinski definition) is 5. The van der Waals surface area contributed by atoms with Crippen LogP contribution in [-0.4, -0.2) is 317 Å². The second-order valence-corrected chi connectivity index (χ2v) is 28.8. The molecule has 2 aromatic rings. The number of unbranched alkanes of at least 4 members (excludes halogenated alkanes) is 1. The number of ketones is 1. The standard InChI is InChI=1S/C82H141N7O24/c1-14-62(6)76(72(99-12)58-74(92)89-31-20-24-70(89)78(100-13)63(7)79(94)85-64(8)77(93)66-21-16-15-17-22-66)87(9)81(96)68(60(2)3)57-71(90)75(61(4)5)88(10)82(97)113-59-65-25-27-67(28-26-65)86-80(95)69(83)23-18-19-30-84-73(91)29-32-101-35-36-103-39-40-105-43-44-107-47-48-109-51-52-111-55-56-112-54-53-110-50-49-108-46-45-106-42-41-104-38-37-102-34-33-98-11/h15-17,21-22,25-28,60-64,68-70,72,75-78,93H,14,18-20,23-24,29-59,83H2,1-13H3,(H,84,91)(H,85,94)(H,86,95)/t62-,63+,64+,68-,69-,70-,72+,75-,76-,77+,78+/m0/s1. The SMILES string of the molecule is CC[C@H](C)[C@@H]([C@@H](CC(=O)N1CCC[C@H]1[C@H](OC)[C@@H](C)C(=O)N[C@H](C)[C@@H](O)c1ccccc1)OC)N(C)C(=O)[C@@H](CC(=O)[C@H](C(C)C)N(C)C(=O)OCc1ccc(NC(=O)[C@@H](N)CCCCNC(=O)CCOCCOCCOCCOCCOCCOCCOCCOCCOCCOCCOCCOCCOC)cc1)C(C)C. The first kappa shape index (κ1) is 101. The molecule has 113 heavy (non-hydrogen) atoms. The van der Waals surface area contributed by atoms with E-state index in [-0.39, 0.29) is 85.5 Å². The molecular weight excluding hydrogens is 1470 g/mol. The fourth-order valence-corrected chi connectivity index (χ4v) is 13.0. The average molecular weight is 1610 g/mol. The summed E-state index contributed by atoms with van der Waals surface area (Å²) in [5.41, 5.74) is 8.04. The summed E-state index contributed by atoms with van der Waals surface area (Å²) in [6.45, 7) is 27.2. The summed E-state index contributed by atoms with van der Waals surface area (Å²) in [6.07, 6.45) is 0.568. The van der Waals surface area contributed by atoms with Gasteiger partial charge in [0, 0.05) is 73.0 Å². The molecule has 1 aliphatic rings. The number of likely N-dealkylation sites (N-methyl/N-ethyl adjacent to an activating group) is 2. The number of nitrogens with one attached hydrogen (secondary N) is 3. The summed E-state index contributed by atoms with van der Waals surface area (Å²) in [4.78, 5) is 101. The number of aliphatic hydroxyl groups is 1. The predicted molar refractivity (Wildman–Crippen MR) is 426 cm³/mol. The Kier molecular flexibility index (Phi) is 55.8. The van der Waals surface area contributed by atoms with E-state index >= 15 is 0 Å². The molecule has 0 saturated carbocycles. The molecule has 11 atom stereocenters. The Hall–Kier alpha value is -5.95. The van der Waals surface area contributed by atoms with Gasteiger partial charge in [-0.3, -0.25) is 28.8 Å². The number of benzene rings is 2. The lowest BCUT2D eigenvalue weighted by Crippen LogP contribution is -2.55. The Morgan fingerprint density at radius 1 is 0.575 bits per heavy atom. The van der Waals surface area contributed by atoms with E-state index in [9.17, 15) is 38.7 Å². The van der Waals surface area contributed by atoms with E-state index in [0.717, 1.165) is 0 Å². The summed E-state index contributed by atoms with van der Waals surface area (Å²) >= 11 is 0. The highest BCUT2D eigenvalue weighted by Crippen LogP contribution is 2.32. The highest BCUT2D eigenvalue weighted by atomic mass is 16.6. The van der Waals surface area contributed by atoms with Crippen molar-refractivity contribution in [2.24, 2.45) is 35.3 Å². The molecule has 648 valence electrons. The molecule has 31 nitrogen and oxygen atoms in total. The third-order valence-electron chi connectivity index (χ3n) is 19.6. The Labute approximate surface area is 672 Å². The molecule has 0 bridgehead atoms. The molecule has 0 spiro atoms. The van der Waals surface area contributed by atoms with E-state index < -0.39 is 66.5 Å². The number of anilines is 1. The van der Waals surface area contributed by atoms with Gasteiger partial charge in [0.1, 0.15) is 6.61 Å². The number of methoxy groups -OCH3 is 3. The molecular formula is C82H141N7O24. The highest BCUT2D eigenvalue weighted by Gasteiger charge is 2.44. The zero-order valence-electron chi connectivity index (χ0n) is 70.1. The first-order valence-corrected chi connectivity index (χ1v) is 40.4. The number of carbonyl (C=O) groups excluding carboxylic acids is 7. The maximum absolute atomic E-state index is 14.8. The molecule has 0 unspecified atom stereocenters. The molecule has 1 aliphatic heterocycles. The summed E-state index contributed by atoms with van der Waals surface area (Å²) in [7, 11) is 7.90. The Morgan fingerprint density at radius 3 is 1.50 bits per heavy atom. The topological polar surface area (TPSA) is 359 Å². The summed E-state index contributed by atoms with van der Waals surface area (Å²) < 4.78 is 88.7. The average Bonchev–Trinajstić information content (AvgIpc) is 1.76. The lowest BCUT2D eigenvalue weighted by atomic mass is 9.83. The predicted octanol–water partition coefficient (Wildman–Crippen LogP) is 6.46. The van der Waals surface area contributed by atoms with Gasteiger partial charge in [-0.25, -0.2) is 4.79 Å². The van der Waals surface area contributed by atoms with Crippen LogP contribution in [0.1, 0.15) is 130 Å². The normalized spacial score (nSPS) is 15.7. The van der Waals surface area contributed by atoms with Crippen molar-refractivity contribution in [3.8, 4) is 0 Å². The number of amides is 6. The first-order valence-electron chi connectivity index (χ1n) is 40.4. The number of aliphatic hydroxyl groups excluding tert-OH is 1. The lowest BCUT2D eigenvalue weighted by Gasteiger charge is -2.41. The number of nitrogens with zero attached hydrogens (tertiary/aromatic N) is 3. The minimum Gasteiger partial charge on any atom is -0.445 e. The van der Waals surface area contributed by atoms with Crippen LogP contribution in [0, 0.1) is 29.6 Å². The summed E-state index contributed by atoms with van der Waals surface area (Å²) in [5, 5.41) is 19.6. The number of hydrogen-bond acceptors (Lipinski definition) is 25. The second-order valence-electron chi connectivity index (χ2n) is 28.8. The fraction of sp³-hybridized carbons (Fsp3) is 0.768. The minimum absolute atomic E-state index is 0.0515. The van der Waals surface area contributed by atoms with Gasteiger partial charge in [0.05, 0.1) is 226 Å². The van der Waals surface area contributed by atoms with E-state index in [2.05, 4.69) is 16.0 Å². The van der Waals surface area contributed by atoms with Gasteiger partial charge in [-0.15, -0.1) is 0 Å². The van der Waals surface area contributed by atoms with Crippen molar-refractivity contribution in [1.82, 2.24) is 25.3 Å². The number of nitrogens with two attached hydrogens (primary N) is 1. The first-order chi connectivity index (χ1) is 54.5. The Bertz CT molecular complexity index is 2840. The van der Waals surface area contributed by atoms with Gasteiger partial charge in [-0.1, -0.05) is 97.4 Å². The Morgan fingerprint density at radius 2 is 1.05 bits per heavy atom. The maximum Gasteiger partial charge on any atom is 0.410 e. The van der Waals surface area contributed by atoms with Crippen LogP contribution in [0.5, 0.6) is 0 Å². The fourth-order valence-electron chi connectivity index (χ4n) is 13.0. The number of rotatable bonds is 69.